The number of hydrogen-bond acceptors (Lipinski definition) is 4. The molecule has 1 heterocycles. The van der Waals surface area contributed by atoms with E-state index in [2.05, 4.69) is 27.8 Å². The van der Waals surface area contributed by atoms with E-state index in [0.717, 1.165) is 20.7 Å². The summed E-state index contributed by atoms with van der Waals surface area (Å²) in [4.78, 5) is 5.65. The van der Waals surface area contributed by atoms with Gasteiger partial charge < -0.3 is 9.84 Å². The summed E-state index contributed by atoms with van der Waals surface area (Å²) in [6.45, 7) is 6.21. The lowest BCUT2D eigenvalue weighted by Crippen LogP contribution is -2.01. The van der Waals surface area contributed by atoms with Gasteiger partial charge in [-0.25, -0.2) is 4.98 Å². The fraction of sp³-hybridized carbons (Fsp3) is 0.357. The van der Waals surface area contributed by atoms with Crippen molar-refractivity contribution >= 4 is 27.3 Å². The van der Waals surface area contributed by atoms with Crippen molar-refractivity contribution < 1.29 is 9.84 Å². The number of rotatable bonds is 4. The van der Waals surface area contributed by atoms with Crippen LogP contribution in [-0.4, -0.2) is 10.1 Å². The number of nitrogens with zero attached hydrogens (tertiary/aromatic N) is 1. The van der Waals surface area contributed by atoms with Crippen LogP contribution in [0.25, 0.3) is 0 Å². The monoisotopic (exact) mass is 341 g/mol. The summed E-state index contributed by atoms with van der Waals surface area (Å²) in [6, 6.07) is 5.64. The zero-order chi connectivity index (χ0) is 14.0. The van der Waals surface area contributed by atoms with E-state index in [1.165, 1.54) is 4.88 Å². The van der Waals surface area contributed by atoms with Crippen LogP contribution in [-0.2, 0) is 6.61 Å². The number of aliphatic hydroxyl groups is 1. The second-order valence-corrected chi connectivity index (χ2v) is 6.60. The van der Waals surface area contributed by atoms with E-state index < -0.39 is 6.10 Å². The molecule has 102 valence electrons. The van der Waals surface area contributed by atoms with Gasteiger partial charge in [0.15, 0.2) is 0 Å². The van der Waals surface area contributed by atoms with Gasteiger partial charge in [-0.3, -0.25) is 0 Å². The molecule has 0 aliphatic heterocycles. The minimum atomic E-state index is -0.563. The molecule has 0 amide bonds. The topological polar surface area (TPSA) is 42.4 Å². The first-order valence-corrected chi connectivity index (χ1v) is 7.61. The molecule has 1 N–H and O–H groups in total. The Hall–Kier alpha value is -0.910. The highest BCUT2D eigenvalue weighted by atomic mass is 79.9. The molecule has 19 heavy (non-hydrogen) atoms. The quantitative estimate of drug-likeness (QED) is 0.907. The molecule has 1 aromatic carbocycles. The van der Waals surface area contributed by atoms with Crippen LogP contribution >= 0.6 is 27.3 Å². The van der Waals surface area contributed by atoms with Gasteiger partial charge in [-0.05, 0) is 39.0 Å². The van der Waals surface area contributed by atoms with Crippen LogP contribution in [0.3, 0.4) is 0 Å². The Morgan fingerprint density at radius 2 is 2.16 bits per heavy atom. The third kappa shape index (κ3) is 3.55. The van der Waals surface area contributed by atoms with Crippen LogP contribution in [0.1, 0.15) is 34.2 Å². The van der Waals surface area contributed by atoms with Crippen molar-refractivity contribution in [2.75, 3.05) is 0 Å². The number of halogens is 1. The van der Waals surface area contributed by atoms with Crippen molar-refractivity contribution in [3.63, 3.8) is 0 Å². The van der Waals surface area contributed by atoms with E-state index >= 15 is 0 Å². The molecule has 0 fully saturated rings. The van der Waals surface area contributed by atoms with Gasteiger partial charge in [0.2, 0.25) is 0 Å². The predicted octanol–water partition coefficient (Wildman–Crippen LogP) is 4.15. The van der Waals surface area contributed by atoms with Crippen LogP contribution in [0.4, 0.5) is 0 Å². The minimum Gasteiger partial charge on any atom is -0.486 e. The van der Waals surface area contributed by atoms with Gasteiger partial charge in [-0.2, -0.15) is 0 Å². The molecule has 2 rings (SSSR count). The standard InChI is InChI=1S/C14H16BrNO2S/c1-8-10(3)19-14(16-8)7-18-13-5-4-11(15)6-12(13)9(2)17/h4-6,9,17H,7H2,1-3H3. The first kappa shape index (κ1) is 14.5. The third-order valence-electron chi connectivity index (χ3n) is 2.85. The van der Waals surface area contributed by atoms with Crippen molar-refractivity contribution in [3.8, 4) is 5.75 Å². The summed E-state index contributed by atoms with van der Waals surface area (Å²) >= 11 is 5.04. The lowest BCUT2D eigenvalue weighted by molar-refractivity contribution is 0.190. The Bertz CT molecular complexity index is 561. The summed E-state index contributed by atoms with van der Waals surface area (Å²) in [5.41, 5.74) is 1.83. The minimum absolute atomic E-state index is 0.431. The number of benzene rings is 1. The van der Waals surface area contributed by atoms with Crippen LogP contribution in [0.2, 0.25) is 0 Å². The van der Waals surface area contributed by atoms with E-state index in [1.807, 2.05) is 25.1 Å². The van der Waals surface area contributed by atoms with Crippen LogP contribution < -0.4 is 4.74 Å². The van der Waals surface area contributed by atoms with Gasteiger partial charge in [0, 0.05) is 14.9 Å². The van der Waals surface area contributed by atoms with E-state index in [1.54, 1.807) is 18.3 Å². The smallest absolute Gasteiger partial charge is 0.140 e. The molecule has 3 nitrogen and oxygen atoms in total. The van der Waals surface area contributed by atoms with Crippen LogP contribution in [0.5, 0.6) is 5.75 Å². The van der Waals surface area contributed by atoms with Crippen molar-refractivity contribution in [2.45, 2.75) is 33.5 Å². The van der Waals surface area contributed by atoms with Gasteiger partial charge in [0.25, 0.3) is 0 Å². The molecule has 0 saturated heterocycles. The maximum absolute atomic E-state index is 9.76. The molecule has 0 radical (unpaired) electrons. The lowest BCUT2D eigenvalue weighted by atomic mass is 10.1. The van der Waals surface area contributed by atoms with Gasteiger partial charge in [0.1, 0.15) is 17.4 Å². The lowest BCUT2D eigenvalue weighted by Gasteiger charge is -2.13. The molecule has 0 saturated carbocycles. The second kappa shape index (κ2) is 6.03. The van der Waals surface area contributed by atoms with Gasteiger partial charge >= 0.3 is 0 Å². The van der Waals surface area contributed by atoms with Crippen LogP contribution in [0.15, 0.2) is 22.7 Å². The first-order chi connectivity index (χ1) is 8.97. The molecule has 0 spiro atoms. The highest BCUT2D eigenvalue weighted by molar-refractivity contribution is 9.10. The van der Waals surface area contributed by atoms with Crippen molar-refractivity contribution in [1.82, 2.24) is 4.98 Å². The first-order valence-electron chi connectivity index (χ1n) is 6.00. The normalized spacial score (nSPS) is 12.5. The maximum Gasteiger partial charge on any atom is 0.140 e. The number of hydrogen-bond donors (Lipinski definition) is 1. The number of aryl methyl sites for hydroxylation is 2. The maximum atomic E-state index is 9.76. The van der Waals surface area contributed by atoms with Crippen LogP contribution in [0, 0.1) is 13.8 Å². The molecule has 1 atom stereocenters. The Morgan fingerprint density at radius 1 is 1.42 bits per heavy atom. The molecular weight excluding hydrogens is 326 g/mol. The Morgan fingerprint density at radius 3 is 2.74 bits per heavy atom. The third-order valence-corrected chi connectivity index (χ3v) is 4.39. The van der Waals surface area contributed by atoms with E-state index in [-0.39, 0.29) is 0 Å². The molecule has 1 unspecified atom stereocenters. The zero-order valence-electron chi connectivity index (χ0n) is 11.1. The van der Waals surface area contributed by atoms with Crippen molar-refractivity contribution in [3.05, 3.63) is 43.8 Å². The molecule has 0 aliphatic rings. The Labute approximate surface area is 125 Å². The summed E-state index contributed by atoms with van der Waals surface area (Å²) in [6.07, 6.45) is -0.563. The molecule has 2 aromatic rings. The average Bonchev–Trinajstić information content (AvgIpc) is 2.67. The Balaban J connectivity index is 2.15. The molecule has 1 aromatic heterocycles. The molecule has 5 heteroatoms. The Kier molecular flexibility index (Phi) is 4.60. The summed E-state index contributed by atoms with van der Waals surface area (Å²) < 4.78 is 6.70. The fourth-order valence-corrected chi connectivity index (χ4v) is 2.94. The summed E-state index contributed by atoms with van der Waals surface area (Å²) in [7, 11) is 0. The highest BCUT2D eigenvalue weighted by Gasteiger charge is 2.11. The van der Waals surface area contributed by atoms with Crippen molar-refractivity contribution in [1.29, 1.82) is 0 Å². The molecule has 0 aliphatic carbocycles. The SMILES string of the molecule is Cc1nc(COc2ccc(Br)cc2C(C)O)sc1C. The van der Waals surface area contributed by atoms with E-state index in [9.17, 15) is 5.11 Å². The molecule has 0 bridgehead atoms. The molecular formula is C14H16BrNO2S. The number of thiazole rings is 1. The van der Waals surface area contributed by atoms with E-state index in [4.69, 9.17) is 4.74 Å². The number of ether oxygens (including phenoxy) is 1. The highest BCUT2D eigenvalue weighted by Crippen LogP contribution is 2.29. The number of aromatic nitrogens is 1. The van der Waals surface area contributed by atoms with Gasteiger partial charge in [-0.1, -0.05) is 15.9 Å². The average molecular weight is 342 g/mol. The second-order valence-electron chi connectivity index (χ2n) is 4.40. The summed E-state index contributed by atoms with van der Waals surface area (Å²) in [5.74, 6) is 0.698. The fourth-order valence-electron chi connectivity index (χ4n) is 1.72. The largest absolute Gasteiger partial charge is 0.486 e. The summed E-state index contributed by atoms with van der Waals surface area (Å²) in [5, 5.41) is 10.7. The predicted molar refractivity (Wildman–Crippen MR) is 80.7 cm³/mol. The van der Waals surface area contributed by atoms with E-state index in [0.29, 0.717) is 12.4 Å². The zero-order valence-corrected chi connectivity index (χ0v) is 13.5. The van der Waals surface area contributed by atoms with Crippen molar-refractivity contribution in [2.24, 2.45) is 0 Å². The van der Waals surface area contributed by atoms with Gasteiger partial charge in [-0.15, -0.1) is 11.3 Å². The van der Waals surface area contributed by atoms with Gasteiger partial charge in [0.05, 0.1) is 11.8 Å². The number of aliphatic hydroxyl groups excluding tert-OH is 1.